The fourth-order valence-corrected chi connectivity index (χ4v) is 1.72. The lowest BCUT2D eigenvalue weighted by atomic mass is 10.1. The van der Waals surface area contributed by atoms with Crippen molar-refractivity contribution in [3.05, 3.63) is 59.7 Å². The number of carbonyl (C=O) groups excluding carboxylic acids is 2. The van der Waals surface area contributed by atoms with E-state index in [2.05, 4.69) is 5.32 Å². The largest absolute Gasteiger partial charge is 0.497 e. The molecule has 5 heteroatoms. The molecule has 20 heavy (non-hydrogen) atoms. The van der Waals surface area contributed by atoms with Gasteiger partial charge < -0.3 is 15.8 Å². The highest BCUT2D eigenvalue weighted by atomic mass is 16.5. The Labute approximate surface area is 116 Å². The Morgan fingerprint density at radius 1 is 1.05 bits per heavy atom. The summed E-state index contributed by atoms with van der Waals surface area (Å²) in [5, 5.41) is 2.70. The Kier molecular flexibility index (Phi) is 4.00. The van der Waals surface area contributed by atoms with Crippen molar-refractivity contribution in [3.63, 3.8) is 0 Å². The number of hydrogen-bond acceptors (Lipinski definition) is 3. The molecule has 2 aromatic carbocycles. The van der Waals surface area contributed by atoms with Crippen molar-refractivity contribution < 1.29 is 14.3 Å². The predicted octanol–water partition coefficient (Wildman–Crippen LogP) is 2.05. The first-order chi connectivity index (χ1) is 9.60. The monoisotopic (exact) mass is 270 g/mol. The van der Waals surface area contributed by atoms with Crippen LogP contribution in [0, 0.1) is 0 Å². The van der Waals surface area contributed by atoms with Gasteiger partial charge in [-0.1, -0.05) is 12.1 Å². The van der Waals surface area contributed by atoms with Crippen molar-refractivity contribution in [3.8, 4) is 5.75 Å². The van der Waals surface area contributed by atoms with Crippen molar-refractivity contribution in [2.45, 2.75) is 0 Å². The molecule has 0 aliphatic carbocycles. The van der Waals surface area contributed by atoms with Gasteiger partial charge in [0.05, 0.1) is 7.11 Å². The number of ether oxygens (including phenoxy) is 1. The molecule has 0 aromatic heterocycles. The van der Waals surface area contributed by atoms with Crippen LogP contribution in [0.3, 0.4) is 0 Å². The lowest BCUT2D eigenvalue weighted by molar-refractivity contribution is 0.0996. The highest BCUT2D eigenvalue weighted by molar-refractivity contribution is 6.05. The molecule has 2 rings (SSSR count). The van der Waals surface area contributed by atoms with E-state index in [1.165, 1.54) is 13.2 Å². The number of hydrogen-bond donors (Lipinski definition) is 2. The fourth-order valence-electron chi connectivity index (χ4n) is 1.72. The molecule has 0 radical (unpaired) electrons. The van der Waals surface area contributed by atoms with Crippen LogP contribution in [0.15, 0.2) is 48.5 Å². The third kappa shape index (κ3) is 3.14. The van der Waals surface area contributed by atoms with E-state index in [0.29, 0.717) is 22.6 Å². The number of carbonyl (C=O) groups is 2. The van der Waals surface area contributed by atoms with Gasteiger partial charge in [-0.3, -0.25) is 9.59 Å². The maximum absolute atomic E-state index is 12.1. The smallest absolute Gasteiger partial charge is 0.255 e. The molecule has 0 saturated heterocycles. The van der Waals surface area contributed by atoms with Crippen molar-refractivity contribution in [1.82, 2.24) is 0 Å². The van der Waals surface area contributed by atoms with Crippen LogP contribution >= 0.6 is 0 Å². The summed E-state index contributed by atoms with van der Waals surface area (Å²) in [5.74, 6) is -0.225. The first-order valence-electron chi connectivity index (χ1n) is 5.95. The summed E-state index contributed by atoms with van der Waals surface area (Å²) in [6.07, 6.45) is 0. The van der Waals surface area contributed by atoms with Gasteiger partial charge in [0.1, 0.15) is 5.75 Å². The maximum atomic E-state index is 12.1. The minimum Gasteiger partial charge on any atom is -0.497 e. The van der Waals surface area contributed by atoms with Crippen molar-refractivity contribution in [1.29, 1.82) is 0 Å². The average Bonchev–Trinajstić information content (AvgIpc) is 2.47. The maximum Gasteiger partial charge on any atom is 0.255 e. The van der Waals surface area contributed by atoms with Gasteiger partial charge in [-0.15, -0.1) is 0 Å². The van der Waals surface area contributed by atoms with Crippen LogP contribution in [-0.4, -0.2) is 18.9 Å². The van der Waals surface area contributed by atoms with Crippen LogP contribution in [0.5, 0.6) is 5.75 Å². The number of amides is 2. The van der Waals surface area contributed by atoms with Gasteiger partial charge in [0, 0.05) is 16.8 Å². The van der Waals surface area contributed by atoms with Gasteiger partial charge in [-0.2, -0.15) is 0 Å². The van der Waals surface area contributed by atoms with E-state index in [9.17, 15) is 9.59 Å². The van der Waals surface area contributed by atoms with Crippen LogP contribution in [0.25, 0.3) is 0 Å². The average molecular weight is 270 g/mol. The Hall–Kier alpha value is -2.82. The summed E-state index contributed by atoms with van der Waals surface area (Å²) in [4.78, 5) is 23.2. The van der Waals surface area contributed by atoms with E-state index in [4.69, 9.17) is 10.5 Å². The first kappa shape index (κ1) is 13.6. The van der Waals surface area contributed by atoms with E-state index in [0.717, 1.165) is 0 Å². The van der Waals surface area contributed by atoms with E-state index in [1.807, 2.05) is 0 Å². The summed E-state index contributed by atoms with van der Waals surface area (Å²) in [6, 6.07) is 13.2. The molecule has 0 fully saturated rings. The second-order valence-electron chi connectivity index (χ2n) is 4.13. The summed E-state index contributed by atoms with van der Waals surface area (Å²) in [5.41, 5.74) is 6.51. The Balaban J connectivity index is 2.18. The third-order valence-corrected chi connectivity index (χ3v) is 2.74. The van der Waals surface area contributed by atoms with Crippen LogP contribution < -0.4 is 15.8 Å². The molecule has 2 amide bonds. The van der Waals surface area contributed by atoms with Crippen molar-refractivity contribution in [2.75, 3.05) is 12.4 Å². The van der Waals surface area contributed by atoms with Crippen LogP contribution in [0.1, 0.15) is 20.7 Å². The third-order valence-electron chi connectivity index (χ3n) is 2.74. The minimum absolute atomic E-state index is 0.287. The van der Waals surface area contributed by atoms with Gasteiger partial charge in [-0.05, 0) is 36.4 Å². The second kappa shape index (κ2) is 5.88. The second-order valence-corrected chi connectivity index (χ2v) is 4.13. The Bertz CT molecular complexity index is 653. The number of primary amides is 1. The van der Waals surface area contributed by atoms with Gasteiger partial charge in [0.25, 0.3) is 5.91 Å². The van der Waals surface area contributed by atoms with E-state index in [-0.39, 0.29) is 5.91 Å². The highest BCUT2D eigenvalue weighted by Crippen LogP contribution is 2.15. The zero-order valence-electron chi connectivity index (χ0n) is 10.9. The van der Waals surface area contributed by atoms with E-state index < -0.39 is 5.91 Å². The summed E-state index contributed by atoms with van der Waals surface area (Å²) >= 11 is 0. The molecule has 0 saturated carbocycles. The lowest BCUT2D eigenvalue weighted by Gasteiger charge is -2.07. The van der Waals surface area contributed by atoms with E-state index in [1.54, 1.807) is 42.5 Å². The topological polar surface area (TPSA) is 81.4 Å². The molecular weight excluding hydrogens is 256 g/mol. The quantitative estimate of drug-likeness (QED) is 0.892. The van der Waals surface area contributed by atoms with Gasteiger partial charge in [0.2, 0.25) is 5.91 Å². The SMILES string of the molecule is COc1cccc(C(=O)Nc2cccc(C(N)=O)c2)c1. The molecule has 0 spiro atoms. The van der Waals surface area contributed by atoms with Crippen molar-refractivity contribution >= 4 is 17.5 Å². The summed E-state index contributed by atoms with van der Waals surface area (Å²) < 4.78 is 5.06. The molecule has 2 aromatic rings. The number of methoxy groups -OCH3 is 1. The highest BCUT2D eigenvalue weighted by Gasteiger charge is 2.08. The zero-order chi connectivity index (χ0) is 14.5. The molecular formula is C15H14N2O3. The molecule has 0 aliphatic rings. The Morgan fingerprint density at radius 3 is 2.45 bits per heavy atom. The molecule has 5 nitrogen and oxygen atoms in total. The number of anilines is 1. The molecule has 3 N–H and O–H groups in total. The minimum atomic E-state index is -0.539. The summed E-state index contributed by atoms with van der Waals surface area (Å²) in [7, 11) is 1.54. The number of benzene rings is 2. The number of nitrogens with one attached hydrogen (secondary N) is 1. The fraction of sp³-hybridized carbons (Fsp3) is 0.0667. The van der Waals surface area contributed by atoms with Crippen LogP contribution in [0.4, 0.5) is 5.69 Å². The summed E-state index contributed by atoms with van der Waals surface area (Å²) in [6.45, 7) is 0. The first-order valence-corrected chi connectivity index (χ1v) is 5.95. The molecule has 102 valence electrons. The normalized spacial score (nSPS) is 9.85. The van der Waals surface area contributed by atoms with Crippen LogP contribution in [0.2, 0.25) is 0 Å². The van der Waals surface area contributed by atoms with Gasteiger partial charge in [0.15, 0.2) is 0 Å². The Morgan fingerprint density at radius 2 is 1.75 bits per heavy atom. The van der Waals surface area contributed by atoms with Gasteiger partial charge in [-0.25, -0.2) is 0 Å². The number of rotatable bonds is 4. The van der Waals surface area contributed by atoms with Crippen molar-refractivity contribution in [2.24, 2.45) is 5.73 Å². The van der Waals surface area contributed by atoms with E-state index >= 15 is 0 Å². The predicted molar refractivity (Wildman–Crippen MR) is 75.9 cm³/mol. The lowest BCUT2D eigenvalue weighted by Crippen LogP contribution is -2.14. The molecule has 0 unspecified atom stereocenters. The number of nitrogens with two attached hydrogens (primary N) is 1. The molecule has 0 bridgehead atoms. The standard InChI is InChI=1S/C15H14N2O3/c1-20-13-7-3-5-11(9-13)15(19)17-12-6-2-4-10(8-12)14(16)18/h2-9H,1H3,(H2,16,18)(H,17,19). The molecule has 0 aliphatic heterocycles. The van der Waals surface area contributed by atoms with Gasteiger partial charge >= 0.3 is 0 Å². The van der Waals surface area contributed by atoms with Crippen LogP contribution in [-0.2, 0) is 0 Å². The molecule has 0 heterocycles. The zero-order valence-corrected chi connectivity index (χ0v) is 10.9. The molecule has 0 atom stereocenters.